The van der Waals surface area contributed by atoms with Gasteiger partial charge >= 0.3 is 0 Å². The first-order valence-corrected chi connectivity index (χ1v) is 11.4. The average Bonchev–Trinajstić information content (AvgIpc) is 3.41. The van der Waals surface area contributed by atoms with Crippen molar-refractivity contribution in [1.29, 1.82) is 0 Å². The SMILES string of the molecule is CC(C)CN(C)C(=O)c1cn(C2CCCC2)cc(C(=O)NCCN2CCCC2)c1=O. The van der Waals surface area contributed by atoms with Gasteiger partial charge in [0.25, 0.3) is 11.8 Å². The van der Waals surface area contributed by atoms with Crippen molar-refractivity contribution in [2.45, 2.75) is 58.4 Å². The third kappa shape index (κ3) is 5.50. The largest absolute Gasteiger partial charge is 0.351 e. The van der Waals surface area contributed by atoms with Crippen LogP contribution in [0.4, 0.5) is 0 Å². The van der Waals surface area contributed by atoms with E-state index >= 15 is 0 Å². The van der Waals surface area contributed by atoms with Gasteiger partial charge in [-0.1, -0.05) is 26.7 Å². The number of nitrogens with zero attached hydrogens (tertiary/aromatic N) is 3. The molecule has 1 N–H and O–H groups in total. The maximum atomic E-state index is 13.1. The van der Waals surface area contributed by atoms with Crippen LogP contribution in [0.5, 0.6) is 0 Å². The highest BCUT2D eigenvalue weighted by atomic mass is 16.2. The van der Waals surface area contributed by atoms with Crippen LogP contribution in [0.15, 0.2) is 17.2 Å². The molecule has 2 fully saturated rings. The van der Waals surface area contributed by atoms with Gasteiger partial charge in [0.1, 0.15) is 11.1 Å². The van der Waals surface area contributed by atoms with Gasteiger partial charge in [-0.05, 0) is 44.7 Å². The molecular formula is C23H36N4O3. The standard InChI is InChI=1S/C23H36N4O3/c1-17(2)14-25(3)23(30)20-16-27(18-8-4-5-9-18)15-19(21(20)28)22(29)24-10-13-26-11-6-7-12-26/h15-18H,4-14H2,1-3H3,(H,24,29). The smallest absolute Gasteiger partial charge is 0.259 e. The fraction of sp³-hybridized carbons (Fsp3) is 0.696. The Morgan fingerprint density at radius 3 is 2.37 bits per heavy atom. The fourth-order valence-electron chi connectivity index (χ4n) is 4.59. The van der Waals surface area contributed by atoms with Crippen LogP contribution in [0, 0.1) is 5.92 Å². The minimum Gasteiger partial charge on any atom is -0.351 e. The molecule has 0 atom stereocenters. The number of pyridine rings is 1. The van der Waals surface area contributed by atoms with E-state index in [4.69, 9.17) is 0 Å². The first kappa shape index (κ1) is 22.5. The summed E-state index contributed by atoms with van der Waals surface area (Å²) in [5.74, 6) is -0.396. The topological polar surface area (TPSA) is 74.7 Å². The molecule has 1 aliphatic carbocycles. The first-order chi connectivity index (χ1) is 14.4. The Kier molecular flexibility index (Phi) is 7.69. The number of hydrogen-bond donors (Lipinski definition) is 1. The summed E-state index contributed by atoms with van der Waals surface area (Å²) in [6.45, 7) is 8.06. The Morgan fingerprint density at radius 2 is 1.73 bits per heavy atom. The minimum atomic E-state index is -0.469. The summed E-state index contributed by atoms with van der Waals surface area (Å²) in [6.07, 6.45) is 10.0. The van der Waals surface area contributed by atoms with Crippen LogP contribution in [-0.2, 0) is 0 Å². The van der Waals surface area contributed by atoms with Crippen molar-refractivity contribution in [2.24, 2.45) is 5.92 Å². The highest BCUT2D eigenvalue weighted by Crippen LogP contribution is 2.29. The molecule has 0 spiro atoms. The average molecular weight is 417 g/mol. The quantitative estimate of drug-likeness (QED) is 0.707. The van der Waals surface area contributed by atoms with Gasteiger partial charge in [0, 0.05) is 45.1 Å². The summed E-state index contributed by atoms with van der Waals surface area (Å²) in [5, 5.41) is 2.89. The van der Waals surface area contributed by atoms with E-state index in [1.165, 1.54) is 12.8 Å². The molecular weight excluding hydrogens is 380 g/mol. The molecule has 2 aliphatic rings. The minimum absolute atomic E-state index is 0.0760. The molecule has 7 heteroatoms. The third-order valence-corrected chi connectivity index (χ3v) is 6.16. The van der Waals surface area contributed by atoms with E-state index in [2.05, 4.69) is 10.2 Å². The van der Waals surface area contributed by atoms with Gasteiger partial charge in [-0.25, -0.2) is 0 Å². The summed E-state index contributed by atoms with van der Waals surface area (Å²) in [6, 6.07) is 0.240. The molecule has 1 aromatic rings. The first-order valence-electron chi connectivity index (χ1n) is 11.4. The predicted molar refractivity (Wildman–Crippen MR) is 118 cm³/mol. The second-order valence-electron chi connectivity index (χ2n) is 9.18. The molecule has 0 radical (unpaired) electrons. The molecule has 1 aromatic heterocycles. The van der Waals surface area contributed by atoms with Gasteiger partial charge in [0.05, 0.1) is 0 Å². The number of likely N-dealkylation sites (tertiary alicyclic amines) is 1. The van der Waals surface area contributed by atoms with E-state index in [1.807, 2.05) is 18.4 Å². The van der Waals surface area contributed by atoms with E-state index in [0.717, 1.165) is 45.3 Å². The summed E-state index contributed by atoms with van der Waals surface area (Å²) in [7, 11) is 1.71. The van der Waals surface area contributed by atoms with Gasteiger partial charge in [-0.2, -0.15) is 0 Å². The van der Waals surface area contributed by atoms with Crippen molar-refractivity contribution >= 4 is 11.8 Å². The maximum absolute atomic E-state index is 13.1. The molecule has 2 heterocycles. The van der Waals surface area contributed by atoms with Crippen LogP contribution in [0.3, 0.4) is 0 Å². The monoisotopic (exact) mass is 416 g/mol. The molecule has 1 saturated heterocycles. The van der Waals surface area contributed by atoms with E-state index < -0.39 is 5.43 Å². The van der Waals surface area contributed by atoms with E-state index in [9.17, 15) is 14.4 Å². The number of carbonyl (C=O) groups is 2. The van der Waals surface area contributed by atoms with Crippen LogP contribution >= 0.6 is 0 Å². The lowest BCUT2D eigenvalue weighted by Gasteiger charge is -2.22. The highest BCUT2D eigenvalue weighted by Gasteiger charge is 2.25. The van der Waals surface area contributed by atoms with Crippen molar-refractivity contribution in [3.05, 3.63) is 33.7 Å². The second-order valence-corrected chi connectivity index (χ2v) is 9.18. The van der Waals surface area contributed by atoms with E-state index in [1.54, 1.807) is 24.3 Å². The van der Waals surface area contributed by atoms with Gasteiger partial charge in [0.2, 0.25) is 5.43 Å². The lowest BCUT2D eigenvalue weighted by atomic mass is 10.1. The summed E-state index contributed by atoms with van der Waals surface area (Å²) < 4.78 is 1.93. The van der Waals surface area contributed by atoms with Gasteiger partial charge in [-0.3, -0.25) is 14.4 Å². The lowest BCUT2D eigenvalue weighted by molar-refractivity contribution is 0.0776. The van der Waals surface area contributed by atoms with Crippen LogP contribution in [0.1, 0.15) is 79.1 Å². The molecule has 1 aliphatic heterocycles. The number of amides is 2. The Balaban J connectivity index is 1.82. The molecule has 0 aromatic carbocycles. The maximum Gasteiger partial charge on any atom is 0.259 e. The van der Waals surface area contributed by atoms with E-state index in [0.29, 0.717) is 19.0 Å². The van der Waals surface area contributed by atoms with Crippen LogP contribution in [0.2, 0.25) is 0 Å². The number of carbonyl (C=O) groups excluding carboxylic acids is 2. The van der Waals surface area contributed by atoms with Gasteiger partial charge in [0.15, 0.2) is 0 Å². The Bertz CT molecular complexity index is 805. The lowest BCUT2D eigenvalue weighted by Crippen LogP contribution is -2.39. The van der Waals surface area contributed by atoms with E-state index in [-0.39, 0.29) is 29.0 Å². The summed E-state index contributed by atoms with van der Waals surface area (Å²) >= 11 is 0. The molecule has 166 valence electrons. The second kappa shape index (κ2) is 10.2. The normalized spacial score (nSPS) is 17.6. The predicted octanol–water partition coefficient (Wildman–Crippen LogP) is 2.52. The van der Waals surface area contributed by atoms with Gasteiger partial charge in [-0.15, -0.1) is 0 Å². The fourth-order valence-corrected chi connectivity index (χ4v) is 4.59. The molecule has 1 saturated carbocycles. The van der Waals surface area contributed by atoms with Crippen molar-refractivity contribution in [1.82, 2.24) is 19.7 Å². The highest BCUT2D eigenvalue weighted by molar-refractivity contribution is 5.99. The number of rotatable bonds is 8. The molecule has 0 bridgehead atoms. The van der Waals surface area contributed by atoms with Crippen molar-refractivity contribution < 1.29 is 9.59 Å². The Labute approximate surface area is 179 Å². The van der Waals surface area contributed by atoms with Crippen LogP contribution in [0.25, 0.3) is 0 Å². The number of nitrogens with one attached hydrogen (secondary N) is 1. The zero-order chi connectivity index (χ0) is 21.7. The number of hydrogen-bond acceptors (Lipinski definition) is 4. The molecule has 2 amide bonds. The number of aromatic nitrogens is 1. The Morgan fingerprint density at radius 1 is 1.10 bits per heavy atom. The molecule has 7 nitrogen and oxygen atoms in total. The Hall–Kier alpha value is -2.15. The van der Waals surface area contributed by atoms with Crippen LogP contribution in [-0.4, -0.2) is 66.0 Å². The van der Waals surface area contributed by atoms with Crippen molar-refractivity contribution in [3.63, 3.8) is 0 Å². The summed E-state index contributed by atoms with van der Waals surface area (Å²) in [4.78, 5) is 42.9. The summed E-state index contributed by atoms with van der Waals surface area (Å²) in [5.41, 5.74) is -0.298. The van der Waals surface area contributed by atoms with Crippen LogP contribution < -0.4 is 10.7 Å². The molecule has 0 unspecified atom stereocenters. The van der Waals surface area contributed by atoms with Gasteiger partial charge < -0.3 is 19.7 Å². The third-order valence-electron chi connectivity index (χ3n) is 6.16. The molecule has 30 heavy (non-hydrogen) atoms. The zero-order valence-corrected chi connectivity index (χ0v) is 18.7. The molecule has 3 rings (SSSR count). The zero-order valence-electron chi connectivity index (χ0n) is 18.7. The van der Waals surface area contributed by atoms with Crippen molar-refractivity contribution in [2.75, 3.05) is 39.8 Å². The van der Waals surface area contributed by atoms with Crippen molar-refractivity contribution in [3.8, 4) is 0 Å².